The second-order valence-corrected chi connectivity index (χ2v) is 4.70. The van der Waals surface area contributed by atoms with Gasteiger partial charge in [0.2, 0.25) is 5.91 Å². The molecule has 0 atom stereocenters. The Hall–Kier alpha value is -1.56. The number of aromatic nitrogens is 2. The highest BCUT2D eigenvalue weighted by atomic mass is 16.5. The highest BCUT2D eigenvalue weighted by molar-refractivity contribution is 5.76. The number of ether oxygens (including phenoxy) is 1. The van der Waals surface area contributed by atoms with E-state index in [1.165, 1.54) is 0 Å². The third kappa shape index (κ3) is 3.22. The van der Waals surface area contributed by atoms with E-state index >= 15 is 0 Å². The molecule has 0 aliphatic heterocycles. The van der Waals surface area contributed by atoms with Crippen LogP contribution in [0.3, 0.4) is 0 Å². The summed E-state index contributed by atoms with van der Waals surface area (Å²) >= 11 is 0. The number of carbonyl (C=O) groups excluding carboxylic acids is 1. The van der Waals surface area contributed by atoms with Crippen molar-refractivity contribution in [2.45, 2.75) is 38.8 Å². The molecule has 0 spiro atoms. The summed E-state index contributed by atoms with van der Waals surface area (Å²) in [5, 5.41) is 9.29. The zero-order chi connectivity index (χ0) is 13.0. The molecule has 0 radical (unpaired) electrons. The molecule has 0 bridgehead atoms. The molecule has 4 N–H and O–H groups in total. The number of aromatic amines is 1. The number of rotatable bonds is 6. The minimum absolute atomic E-state index is 0.0653. The fourth-order valence-electron chi connectivity index (χ4n) is 2.20. The molecule has 1 saturated carbocycles. The molecule has 1 aromatic heterocycles. The number of H-pyrrole nitrogens is 1. The number of anilines is 1. The smallest absolute Gasteiger partial charge is 0.220 e. The van der Waals surface area contributed by atoms with Crippen LogP contribution in [-0.4, -0.2) is 28.8 Å². The Bertz CT molecular complexity index is 399. The van der Waals surface area contributed by atoms with Crippen LogP contribution in [0.15, 0.2) is 6.20 Å². The van der Waals surface area contributed by atoms with Gasteiger partial charge in [-0.25, -0.2) is 0 Å². The maximum atomic E-state index is 11.7. The van der Waals surface area contributed by atoms with Gasteiger partial charge in [0.1, 0.15) is 5.82 Å². The zero-order valence-corrected chi connectivity index (χ0v) is 10.6. The van der Waals surface area contributed by atoms with E-state index in [2.05, 4.69) is 15.5 Å². The molecule has 18 heavy (non-hydrogen) atoms. The molecule has 0 saturated heterocycles. The molecule has 1 aromatic rings. The average molecular weight is 252 g/mol. The second-order valence-electron chi connectivity index (χ2n) is 4.70. The fraction of sp³-hybridized carbons (Fsp3) is 0.667. The number of nitrogens with two attached hydrogens (primary N) is 1. The van der Waals surface area contributed by atoms with Crippen LogP contribution < -0.4 is 11.1 Å². The van der Waals surface area contributed by atoms with Gasteiger partial charge in [0.25, 0.3) is 0 Å². The summed E-state index contributed by atoms with van der Waals surface area (Å²) in [6.07, 6.45) is 4.55. The number of nitrogens with one attached hydrogen (secondary N) is 2. The van der Waals surface area contributed by atoms with Crippen LogP contribution >= 0.6 is 0 Å². The standard InChI is InChI=1S/C12H20N4O2/c1-2-18-10-3-8(4-10)5-11(17)14-6-9-7-15-16-12(9)13/h7-8,10H,2-6H2,1H3,(H,14,17)(H3,13,15,16). The third-order valence-electron chi connectivity index (χ3n) is 3.30. The lowest BCUT2D eigenvalue weighted by Gasteiger charge is -2.34. The van der Waals surface area contributed by atoms with Crippen LogP contribution in [0.2, 0.25) is 0 Å². The summed E-state index contributed by atoms with van der Waals surface area (Å²) in [5.74, 6) is 1.04. The topological polar surface area (TPSA) is 93.0 Å². The van der Waals surface area contributed by atoms with Crippen molar-refractivity contribution in [2.75, 3.05) is 12.3 Å². The summed E-state index contributed by atoms with van der Waals surface area (Å²) < 4.78 is 5.46. The molecule has 1 aliphatic rings. The Kier molecular flexibility index (Phi) is 4.19. The van der Waals surface area contributed by atoms with Crippen LogP contribution in [0, 0.1) is 5.92 Å². The summed E-state index contributed by atoms with van der Waals surface area (Å²) in [6.45, 7) is 3.18. The quantitative estimate of drug-likeness (QED) is 0.698. The lowest BCUT2D eigenvalue weighted by molar-refractivity contribution is -0.124. The summed E-state index contributed by atoms with van der Waals surface area (Å²) in [6, 6.07) is 0. The highest BCUT2D eigenvalue weighted by Gasteiger charge is 2.30. The van der Waals surface area contributed by atoms with Gasteiger partial charge < -0.3 is 15.8 Å². The summed E-state index contributed by atoms with van der Waals surface area (Å²) in [5.41, 5.74) is 6.45. The van der Waals surface area contributed by atoms with Crippen molar-refractivity contribution >= 4 is 11.7 Å². The normalized spacial score (nSPS) is 22.5. The van der Waals surface area contributed by atoms with Crippen molar-refractivity contribution in [3.8, 4) is 0 Å². The van der Waals surface area contributed by atoms with Crippen molar-refractivity contribution in [2.24, 2.45) is 5.92 Å². The summed E-state index contributed by atoms with van der Waals surface area (Å²) in [4.78, 5) is 11.7. The van der Waals surface area contributed by atoms with E-state index in [1.807, 2.05) is 6.92 Å². The van der Waals surface area contributed by atoms with Crippen LogP contribution in [0.5, 0.6) is 0 Å². The number of nitrogen functional groups attached to an aromatic ring is 1. The number of nitrogens with zero attached hydrogens (tertiary/aromatic N) is 1. The number of hydrogen-bond acceptors (Lipinski definition) is 4. The van der Waals surface area contributed by atoms with Crippen LogP contribution in [-0.2, 0) is 16.1 Å². The van der Waals surface area contributed by atoms with E-state index < -0.39 is 0 Å². The van der Waals surface area contributed by atoms with Crippen molar-refractivity contribution < 1.29 is 9.53 Å². The molecular formula is C12H20N4O2. The van der Waals surface area contributed by atoms with Crippen LogP contribution in [0.1, 0.15) is 31.7 Å². The Morgan fingerprint density at radius 1 is 1.67 bits per heavy atom. The molecule has 1 amide bonds. The molecule has 100 valence electrons. The maximum Gasteiger partial charge on any atom is 0.220 e. The highest BCUT2D eigenvalue weighted by Crippen LogP contribution is 2.32. The third-order valence-corrected chi connectivity index (χ3v) is 3.30. The minimum Gasteiger partial charge on any atom is -0.384 e. The molecule has 6 heteroatoms. The Labute approximate surface area is 106 Å². The van der Waals surface area contributed by atoms with Crippen molar-refractivity contribution in [1.29, 1.82) is 0 Å². The lowest BCUT2D eigenvalue weighted by atomic mass is 9.80. The van der Waals surface area contributed by atoms with Gasteiger partial charge in [-0.3, -0.25) is 9.89 Å². The minimum atomic E-state index is 0.0653. The Morgan fingerprint density at radius 2 is 2.44 bits per heavy atom. The van der Waals surface area contributed by atoms with E-state index in [0.29, 0.717) is 30.8 Å². The SMILES string of the molecule is CCOC1CC(CC(=O)NCc2cn[nH]c2N)C1. The number of hydrogen-bond donors (Lipinski definition) is 3. The monoisotopic (exact) mass is 252 g/mol. The van der Waals surface area contributed by atoms with Gasteiger partial charge in [-0.1, -0.05) is 0 Å². The Balaban J connectivity index is 1.63. The molecule has 1 heterocycles. The van der Waals surface area contributed by atoms with Gasteiger partial charge in [-0.05, 0) is 25.7 Å². The number of amides is 1. The molecule has 6 nitrogen and oxygen atoms in total. The van der Waals surface area contributed by atoms with E-state index in [-0.39, 0.29) is 5.91 Å². The van der Waals surface area contributed by atoms with Gasteiger partial charge in [0.15, 0.2) is 0 Å². The molecule has 1 aliphatic carbocycles. The largest absolute Gasteiger partial charge is 0.384 e. The van der Waals surface area contributed by atoms with E-state index in [0.717, 1.165) is 25.0 Å². The first-order valence-corrected chi connectivity index (χ1v) is 6.35. The van der Waals surface area contributed by atoms with Gasteiger partial charge in [0.05, 0.1) is 12.3 Å². The predicted octanol–water partition coefficient (Wildman–Crippen LogP) is 0.813. The lowest BCUT2D eigenvalue weighted by Crippen LogP contribution is -2.35. The zero-order valence-electron chi connectivity index (χ0n) is 10.6. The average Bonchev–Trinajstić information content (AvgIpc) is 2.69. The first kappa shape index (κ1) is 12.9. The Morgan fingerprint density at radius 3 is 3.06 bits per heavy atom. The fourth-order valence-corrected chi connectivity index (χ4v) is 2.20. The van der Waals surface area contributed by atoms with Crippen molar-refractivity contribution in [3.63, 3.8) is 0 Å². The van der Waals surface area contributed by atoms with Gasteiger partial charge in [0, 0.05) is 25.1 Å². The van der Waals surface area contributed by atoms with E-state index in [4.69, 9.17) is 10.5 Å². The molecule has 2 rings (SSSR count). The molecular weight excluding hydrogens is 232 g/mol. The first-order valence-electron chi connectivity index (χ1n) is 6.35. The van der Waals surface area contributed by atoms with Gasteiger partial charge in [-0.15, -0.1) is 0 Å². The van der Waals surface area contributed by atoms with Crippen LogP contribution in [0.4, 0.5) is 5.82 Å². The maximum absolute atomic E-state index is 11.7. The second kappa shape index (κ2) is 5.86. The predicted molar refractivity (Wildman–Crippen MR) is 67.6 cm³/mol. The van der Waals surface area contributed by atoms with Gasteiger partial charge >= 0.3 is 0 Å². The van der Waals surface area contributed by atoms with Crippen LogP contribution in [0.25, 0.3) is 0 Å². The van der Waals surface area contributed by atoms with E-state index in [9.17, 15) is 4.79 Å². The molecule has 0 aromatic carbocycles. The van der Waals surface area contributed by atoms with E-state index in [1.54, 1.807) is 6.20 Å². The molecule has 0 unspecified atom stereocenters. The first-order chi connectivity index (χ1) is 8.69. The number of carbonyl (C=O) groups is 1. The van der Waals surface area contributed by atoms with Crippen molar-refractivity contribution in [3.05, 3.63) is 11.8 Å². The van der Waals surface area contributed by atoms with Crippen molar-refractivity contribution in [1.82, 2.24) is 15.5 Å². The molecule has 1 fully saturated rings. The van der Waals surface area contributed by atoms with Gasteiger partial charge in [-0.2, -0.15) is 5.10 Å². The summed E-state index contributed by atoms with van der Waals surface area (Å²) in [7, 11) is 0.